The van der Waals surface area contributed by atoms with Gasteiger partial charge in [-0.1, -0.05) is 0 Å². The molecule has 40 valence electrons. The Morgan fingerprint density at radius 2 is 2.43 bits per heavy atom. The molecule has 7 heavy (non-hydrogen) atoms. The van der Waals surface area contributed by atoms with Crippen LogP contribution in [0.25, 0.3) is 0 Å². The number of carbonyl (C=O) groups is 1. The van der Waals surface area contributed by atoms with Crippen molar-refractivity contribution in [1.29, 1.82) is 0 Å². The van der Waals surface area contributed by atoms with Gasteiger partial charge < -0.3 is 9.94 Å². The van der Waals surface area contributed by atoms with Crippen LogP contribution in [0.1, 0.15) is 0 Å². The third kappa shape index (κ3) is 4.97. The molecule has 0 spiro atoms. The molecule has 0 aromatic rings. The van der Waals surface area contributed by atoms with E-state index in [1.165, 1.54) is 0 Å². The summed E-state index contributed by atoms with van der Waals surface area (Å²) in [6.07, 6.45) is 1.67. The van der Waals surface area contributed by atoms with Crippen molar-refractivity contribution in [1.82, 2.24) is 0 Å². The monoisotopic (exact) mass is 103 g/mol. The number of hydrogen-bond acceptors (Lipinski definition) is 3. The summed E-state index contributed by atoms with van der Waals surface area (Å²) in [6.45, 7) is 0. The second kappa shape index (κ2) is 3.17. The van der Waals surface area contributed by atoms with Crippen LogP contribution in [0.4, 0.5) is 0 Å². The van der Waals surface area contributed by atoms with Gasteiger partial charge in [-0.3, -0.25) is 0 Å². The topological polar surface area (TPSA) is 72.5 Å². The van der Waals surface area contributed by atoms with Crippen LogP contribution < -0.4 is 5.90 Å². The van der Waals surface area contributed by atoms with Gasteiger partial charge in [0.15, 0.2) is 0 Å². The van der Waals surface area contributed by atoms with Gasteiger partial charge in [0.25, 0.3) is 0 Å². The molecule has 0 saturated carbocycles. The average Bonchev–Trinajstić information content (AvgIpc) is 1.61. The summed E-state index contributed by atoms with van der Waals surface area (Å²) < 4.78 is 0. The molecule has 0 aromatic carbocycles. The fraction of sp³-hybridized carbons (Fsp3) is 0. The summed E-state index contributed by atoms with van der Waals surface area (Å²) in [5.41, 5.74) is 0. The maximum atomic E-state index is 9.54. The standard InChI is InChI=1S/C3H5NO3/c4-7-2-1-3(5)6/h1-2H,4H2,(H,5,6). The van der Waals surface area contributed by atoms with Crippen molar-refractivity contribution in [3.8, 4) is 0 Å². The number of aliphatic carboxylic acids is 1. The minimum Gasteiger partial charge on any atom is -0.478 e. The van der Waals surface area contributed by atoms with Crippen molar-refractivity contribution in [3.05, 3.63) is 12.3 Å². The molecule has 0 unspecified atom stereocenters. The van der Waals surface area contributed by atoms with E-state index in [4.69, 9.17) is 5.11 Å². The Morgan fingerprint density at radius 3 is 2.57 bits per heavy atom. The fourth-order valence-electron chi connectivity index (χ4n) is 0.0975. The summed E-state index contributed by atoms with van der Waals surface area (Å²) in [5.74, 6) is 3.35. The lowest BCUT2D eigenvalue weighted by atomic mass is 10.7. The summed E-state index contributed by atoms with van der Waals surface area (Å²) in [5, 5.41) is 7.82. The van der Waals surface area contributed by atoms with Gasteiger partial charge in [-0.25, -0.2) is 4.79 Å². The molecule has 0 heterocycles. The Labute approximate surface area is 40.1 Å². The van der Waals surface area contributed by atoms with Crippen LogP contribution in [0, 0.1) is 0 Å². The minimum atomic E-state index is -1.08. The smallest absolute Gasteiger partial charge is 0.331 e. The maximum absolute atomic E-state index is 9.54. The van der Waals surface area contributed by atoms with E-state index in [1.807, 2.05) is 0 Å². The quantitative estimate of drug-likeness (QED) is 0.280. The van der Waals surface area contributed by atoms with Gasteiger partial charge in [0.2, 0.25) is 0 Å². The normalized spacial score (nSPS) is 9.29. The number of nitrogens with two attached hydrogens (primary N) is 1. The van der Waals surface area contributed by atoms with Crippen LogP contribution in [0.3, 0.4) is 0 Å². The molecular formula is C3H5NO3. The zero-order valence-corrected chi connectivity index (χ0v) is 3.50. The van der Waals surface area contributed by atoms with Crippen molar-refractivity contribution in [2.45, 2.75) is 0 Å². The first-order valence-corrected chi connectivity index (χ1v) is 1.52. The molecule has 0 aliphatic carbocycles. The molecule has 0 atom stereocenters. The first-order chi connectivity index (χ1) is 3.27. The number of rotatable bonds is 2. The lowest BCUT2D eigenvalue weighted by Crippen LogP contribution is -1.91. The summed E-state index contributed by atoms with van der Waals surface area (Å²) in [7, 11) is 0. The highest BCUT2D eigenvalue weighted by Gasteiger charge is 1.80. The van der Waals surface area contributed by atoms with E-state index < -0.39 is 5.97 Å². The zero-order valence-electron chi connectivity index (χ0n) is 3.50. The van der Waals surface area contributed by atoms with Gasteiger partial charge in [-0.2, -0.15) is 5.90 Å². The predicted molar refractivity (Wildman–Crippen MR) is 22.0 cm³/mol. The molecule has 0 aliphatic rings. The van der Waals surface area contributed by atoms with Gasteiger partial charge in [0.1, 0.15) is 6.26 Å². The molecule has 0 fully saturated rings. The molecule has 0 aromatic heterocycles. The Bertz CT molecular complexity index is 88.2. The highest BCUT2D eigenvalue weighted by atomic mass is 16.6. The molecule has 0 radical (unpaired) electrons. The maximum Gasteiger partial charge on any atom is 0.331 e. The lowest BCUT2D eigenvalue weighted by molar-refractivity contribution is -0.131. The van der Waals surface area contributed by atoms with E-state index in [2.05, 4.69) is 10.7 Å². The van der Waals surface area contributed by atoms with Gasteiger partial charge in [0.05, 0.1) is 6.08 Å². The van der Waals surface area contributed by atoms with Crippen molar-refractivity contribution < 1.29 is 14.7 Å². The Hall–Kier alpha value is -1.03. The SMILES string of the molecule is NOC=CC(=O)O. The van der Waals surface area contributed by atoms with E-state index in [0.29, 0.717) is 0 Å². The molecule has 0 aliphatic heterocycles. The molecule has 0 bridgehead atoms. The molecule has 0 amide bonds. The van der Waals surface area contributed by atoms with Crippen LogP contribution in [-0.2, 0) is 9.63 Å². The predicted octanol–water partition coefficient (Wildman–Crippen LogP) is -0.525. The molecule has 3 N–H and O–H groups in total. The van der Waals surface area contributed by atoms with E-state index >= 15 is 0 Å². The zero-order chi connectivity index (χ0) is 5.70. The van der Waals surface area contributed by atoms with Crippen molar-refractivity contribution in [2.75, 3.05) is 0 Å². The number of hydrogen-bond donors (Lipinski definition) is 2. The molecule has 4 nitrogen and oxygen atoms in total. The first-order valence-electron chi connectivity index (χ1n) is 1.52. The molecule has 0 saturated heterocycles. The van der Waals surface area contributed by atoms with Crippen molar-refractivity contribution in [2.24, 2.45) is 5.90 Å². The van der Waals surface area contributed by atoms with E-state index in [1.54, 1.807) is 0 Å². The Morgan fingerprint density at radius 1 is 1.86 bits per heavy atom. The minimum absolute atomic E-state index is 0.792. The fourth-order valence-corrected chi connectivity index (χ4v) is 0.0975. The lowest BCUT2D eigenvalue weighted by Gasteiger charge is -1.79. The van der Waals surface area contributed by atoms with Crippen LogP contribution in [0.2, 0.25) is 0 Å². The second-order valence-corrected chi connectivity index (χ2v) is 0.777. The van der Waals surface area contributed by atoms with Crippen LogP contribution >= 0.6 is 0 Å². The Balaban J connectivity index is 3.26. The highest BCUT2D eigenvalue weighted by molar-refractivity contribution is 5.79. The van der Waals surface area contributed by atoms with Gasteiger partial charge >= 0.3 is 5.97 Å². The number of carboxylic acid groups (broad SMARTS) is 1. The number of carboxylic acids is 1. The van der Waals surface area contributed by atoms with E-state index in [-0.39, 0.29) is 0 Å². The van der Waals surface area contributed by atoms with Crippen molar-refractivity contribution in [3.63, 3.8) is 0 Å². The summed E-state index contributed by atoms with van der Waals surface area (Å²) >= 11 is 0. The summed E-state index contributed by atoms with van der Waals surface area (Å²) in [6, 6.07) is 0. The van der Waals surface area contributed by atoms with Gasteiger partial charge in [0, 0.05) is 0 Å². The first kappa shape index (κ1) is 5.97. The Kier molecular flexibility index (Phi) is 2.70. The molecular weight excluding hydrogens is 98.0 g/mol. The highest BCUT2D eigenvalue weighted by Crippen LogP contribution is 1.67. The van der Waals surface area contributed by atoms with E-state index in [9.17, 15) is 4.79 Å². The average molecular weight is 103 g/mol. The van der Waals surface area contributed by atoms with Crippen LogP contribution in [-0.4, -0.2) is 11.1 Å². The van der Waals surface area contributed by atoms with Gasteiger partial charge in [-0.05, 0) is 0 Å². The van der Waals surface area contributed by atoms with E-state index in [0.717, 1.165) is 12.3 Å². The molecule has 0 rings (SSSR count). The largest absolute Gasteiger partial charge is 0.478 e. The second-order valence-electron chi connectivity index (χ2n) is 0.777. The van der Waals surface area contributed by atoms with Crippen LogP contribution in [0.15, 0.2) is 12.3 Å². The molecule has 4 heteroatoms. The third-order valence-corrected chi connectivity index (χ3v) is 0.289. The van der Waals surface area contributed by atoms with Crippen molar-refractivity contribution >= 4 is 5.97 Å². The van der Waals surface area contributed by atoms with Crippen LogP contribution in [0.5, 0.6) is 0 Å². The van der Waals surface area contributed by atoms with Gasteiger partial charge in [-0.15, -0.1) is 0 Å². The summed E-state index contributed by atoms with van der Waals surface area (Å²) in [4.78, 5) is 13.3. The third-order valence-electron chi connectivity index (χ3n) is 0.289.